The van der Waals surface area contributed by atoms with Gasteiger partial charge in [-0.3, -0.25) is 0 Å². The molecule has 3 aromatic rings. The van der Waals surface area contributed by atoms with Gasteiger partial charge in [0.15, 0.2) is 0 Å². The van der Waals surface area contributed by atoms with Gasteiger partial charge in [-0.2, -0.15) is 0 Å². The molecule has 0 saturated carbocycles. The molecule has 3 rings (SSSR count). The molecule has 0 spiro atoms. The smallest absolute Gasteiger partial charge is 0.0291 e. The highest BCUT2D eigenvalue weighted by Crippen LogP contribution is 2.44. The fourth-order valence-electron chi connectivity index (χ4n) is 3.78. The summed E-state index contributed by atoms with van der Waals surface area (Å²) in [7, 11) is -0.379. The van der Waals surface area contributed by atoms with Crippen LogP contribution in [0.25, 0.3) is 0 Å². The summed E-state index contributed by atoms with van der Waals surface area (Å²) in [5.74, 6) is 0.639. The first kappa shape index (κ1) is 20.8. The van der Waals surface area contributed by atoms with Crippen LogP contribution in [0.5, 0.6) is 0 Å². The highest BCUT2D eigenvalue weighted by Gasteiger charge is 2.27. The van der Waals surface area contributed by atoms with Crippen molar-refractivity contribution < 1.29 is 0 Å². The van der Waals surface area contributed by atoms with E-state index in [4.69, 9.17) is 0 Å². The maximum atomic E-state index is 3.75. The average molecular weight is 390 g/mol. The van der Waals surface area contributed by atoms with Gasteiger partial charge in [-0.05, 0) is 55.6 Å². The van der Waals surface area contributed by atoms with Crippen molar-refractivity contribution in [1.29, 1.82) is 0 Å². The molecule has 3 aromatic carbocycles. The first-order valence-corrected chi connectivity index (χ1v) is 11.8. The van der Waals surface area contributed by atoms with Crippen LogP contribution < -0.4 is 15.9 Å². The van der Waals surface area contributed by atoms with E-state index in [2.05, 4.69) is 117 Å². The van der Waals surface area contributed by atoms with Crippen LogP contribution in [0, 0.1) is 5.92 Å². The molecule has 0 aromatic heterocycles. The third-order valence-corrected chi connectivity index (χ3v) is 8.59. The quantitative estimate of drug-likeness (QED) is 0.450. The Bertz CT molecular complexity index is 762. The number of hydrogen-bond acceptors (Lipinski definition) is 1. The van der Waals surface area contributed by atoms with Gasteiger partial charge in [-0.15, -0.1) is 0 Å². The van der Waals surface area contributed by atoms with Gasteiger partial charge in [0, 0.05) is 6.04 Å². The van der Waals surface area contributed by atoms with Crippen molar-refractivity contribution in [3.63, 3.8) is 0 Å². The second kappa shape index (κ2) is 10.6. The molecule has 2 atom stereocenters. The SMILES string of the molecule is CC(C)[C@H](CCN[C@@H](C)c1ccccc1)P(c1ccccc1)c1ccccc1. The molecule has 0 aliphatic rings. The van der Waals surface area contributed by atoms with E-state index in [-0.39, 0.29) is 7.92 Å². The molecule has 1 nitrogen and oxygen atoms in total. The maximum absolute atomic E-state index is 3.75. The van der Waals surface area contributed by atoms with Crippen LogP contribution in [0.1, 0.15) is 38.8 Å². The zero-order valence-electron chi connectivity index (χ0n) is 17.3. The Hall–Kier alpha value is -1.95. The molecule has 2 heteroatoms. The minimum absolute atomic E-state index is 0.379. The van der Waals surface area contributed by atoms with Crippen LogP contribution in [0.4, 0.5) is 0 Å². The lowest BCUT2D eigenvalue weighted by Gasteiger charge is -2.32. The Morgan fingerprint density at radius 1 is 0.679 bits per heavy atom. The summed E-state index contributed by atoms with van der Waals surface area (Å²) in [4.78, 5) is 0. The predicted molar refractivity (Wildman–Crippen MR) is 125 cm³/mol. The minimum Gasteiger partial charge on any atom is -0.310 e. The van der Waals surface area contributed by atoms with Gasteiger partial charge in [0.05, 0.1) is 0 Å². The summed E-state index contributed by atoms with van der Waals surface area (Å²) in [6.07, 6.45) is 1.18. The van der Waals surface area contributed by atoms with Crippen molar-refractivity contribution in [2.24, 2.45) is 5.92 Å². The van der Waals surface area contributed by atoms with Gasteiger partial charge in [0.25, 0.3) is 0 Å². The summed E-state index contributed by atoms with van der Waals surface area (Å²) < 4.78 is 0. The van der Waals surface area contributed by atoms with Crippen molar-refractivity contribution in [2.45, 2.75) is 38.9 Å². The molecule has 0 radical (unpaired) electrons. The Balaban J connectivity index is 1.76. The van der Waals surface area contributed by atoms with Crippen molar-refractivity contribution in [1.82, 2.24) is 5.32 Å². The van der Waals surface area contributed by atoms with Crippen molar-refractivity contribution >= 4 is 18.5 Å². The first-order chi connectivity index (χ1) is 13.7. The van der Waals surface area contributed by atoms with Gasteiger partial charge in [0.1, 0.15) is 0 Å². The molecule has 1 N–H and O–H groups in total. The van der Waals surface area contributed by atoms with Gasteiger partial charge in [-0.1, -0.05) is 105 Å². The van der Waals surface area contributed by atoms with Gasteiger partial charge in [0.2, 0.25) is 0 Å². The number of hydrogen-bond donors (Lipinski definition) is 1. The van der Waals surface area contributed by atoms with E-state index in [1.165, 1.54) is 22.6 Å². The molecule has 0 amide bonds. The summed E-state index contributed by atoms with van der Waals surface area (Å²) in [6, 6.07) is 33.3. The lowest BCUT2D eigenvalue weighted by Crippen LogP contribution is -2.30. The second-order valence-corrected chi connectivity index (χ2v) is 10.2. The molecule has 146 valence electrons. The van der Waals surface area contributed by atoms with Crippen molar-refractivity contribution in [3.05, 3.63) is 96.6 Å². The summed E-state index contributed by atoms with van der Waals surface area (Å²) in [5.41, 5.74) is 2.01. The summed E-state index contributed by atoms with van der Waals surface area (Å²) >= 11 is 0. The van der Waals surface area contributed by atoms with Gasteiger partial charge >= 0.3 is 0 Å². The zero-order valence-corrected chi connectivity index (χ0v) is 18.1. The molecular formula is C26H32NP. The molecule has 0 saturated heterocycles. The molecule has 0 heterocycles. The highest BCUT2D eigenvalue weighted by molar-refractivity contribution is 7.73. The Morgan fingerprint density at radius 3 is 1.61 bits per heavy atom. The monoisotopic (exact) mass is 389 g/mol. The second-order valence-electron chi connectivity index (χ2n) is 7.73. The molecule has 0 aliphatic carbocycles. The van der Waals surface area contributed by atoms with E-state index in [0.29, 0.717) is 17.6 Å². The lowest BCUT2D eigenvalue weighted by molar-refractivity contribution is 0.505. The first-order valence-electron chi connectivity index (χ1n) is 10.3. The summed E-state index contributed by atoms with van der Waals surface area (Å²) in [6.45, 7) is 8.06. The van der Waals surface area contributed by atoms with E-state index >= 15 is 0 Å². The Kier molecular flexibility index (Phi) is 7.83. The van der Waals surface area contributed by atoms with Crippen molar-refractivity contribution in [2.75, 3.05) is 6.54 Å². The third-order valence-electron chi connectivity index (χ3n) is 5.36. The molecule has 0 aliphatic heterocycles. The number of rotatable bonds is 9. The van der Waals surface area contributed by atoms with Crippen LogP contribution in [0.2, 0.25) is 0 Å². The topological polar surface area (TPSA) is 12.0 Å². The van der Waals surface area contributed by atoms with Crippen LogP contribution >= 0.6 is 7.92 Å². The van der Waals surface area contributed by atoms with Crippen LogP contribution in [0.15, 0.2) is 91.0 Å². The van der Waals surface area contributed by atoms with E-state index < -0.39 is 0 Å². The Morgan fingerprint density at radius 2 is 1.14 bits per heavy atom. The zero-order chi connectivity index (χ0) is 19.8. The molecule has 0 unspecified atom stereocenters. The van der Waals surface area contributed by atoms with Gasteiger partial charge in [-0.25, -0.2) is 0 Å². The van der Waals surface area contributed by atoms with E-state index in [0.717, 1.165) is 6.54 Å². The fourth-order valence-corrected chi connectivity index (χ4v) is 6.81. The van der Waals surface area contributed by atoms with E-state index in [1.54, 1.807) is 0 Å². The van der Waals surface area contributed by atoms with Crippen LogP contribution in [0.3, 0.4) is 0 Å². The Labute approximate surface area is 172 Å². The van der Waals surface area contributed by atoms with E-state index in [1.807, 2.05) is 0 Å². The molecule has 28 heavy (non-hydrogen) atoms. The summed E-state index contributed by atoms with van der Waals surface area (Å²) in [5, 5.41) is 6.72. The fraction of sp³-hybridized carbons (Fsp3) is 0.308. The molecular weight excluding hydrogens is 357 g/mol. The lowest BCUT2D eigenvalue weighted by atomic mass is 10.1. The molecule has 0 fully saturated rings. The normalized spacial score (nSPS) is 13.6. The predicted octanol–water partition coefficient (Wildman–Crippen LogP) is 5.88. The highest BCUT2D eigenvalue weighted by atomic mass is 31.1. The van der Waals surface area contributed by atoms with Crippen LogP contribution in [-0.2, 0) is 0 Å². The van der Waals surface area contributed by atoms with E-state index in [9.17, 15) is 0 Å². The van der Waals surface area contributed by atoms with Gasteiger partial charge < -0.3 is 5.32 Å². The minimum atomic E-state index is -0.379. The molecule has 0 bridgehead atoms. The third kappa shape index (κ3) is 5.53. The average Bonchev–Trinajstić information content (AvgIpc) is 2.75. The standard InChI is InChI=1S/C26H32NP/c1-21(2)26(19-20-27-22(3)23-13-7-4-8-14-23)28(24-15-9-5-10-16-24)25-17-11-6-12-18-25/h4-18,21-22,26-27H,19-20H2,1-3H3/t22-,26-/m0/s1. The largest absolute Gasteiger partial charge is 0.310 e. The number of nitrogens with one attached hydrogen (secondary N) is 1. The van der Waals surface area contributed by atoms with Crippen LogP contribution in [-0.4, -0.2) is 12.2 Å². The number of benzene rings is 3. The van der Waals surface area contributed by atoms with Crippen molar-refractivity contribution in [3.8, 4) is 0 Å². The maximum Gasteiger partial charge on any atom is 0.0291 e.